The molecule has 0 fully saturated rings. The normalized spacial score (nSPS) is 14.6. The number of aryl methyl sites for hydroxylation is 1. The van der Waals surface area contributed by atoms with Crippen molar-refractivity contribution < 1.29 is 21.5 Å². The SMILES string of the molecule is CCCCCCCCCCCC[n+]1c2c(cc3ccccc31)C=CC(N(C)C)(N(C)C)C2.[Br-]. The van der Waals surface area contributed by atoms with E-state index in [1.807, 2.05) is 0 Å². The van der Waals surface area contributed by atoms with Gasteiger partial charge in [0.1, 0.15) is 12.2 Å². The number of unbranched alkanes of at least 4 members (excludes halogenated alkanes) is 9. The minimum Gasteiger partial charge on any atom is -1.00 e. The zero-order valence-electron chi connectivity index (χ0n) is 21.7. The first-order valence-electron chi connectivity index (χ1n) is 13.0. The lowest BCUT2D eigenvalue weighted by molar-refractivity contribution is -0.680. The van der Waals surface area contributed by atoms with Gasteiger partial charge in [0.05, 0.1) is 6.42 Å². The molecule has 0 N–H and O–H groups in total. The minimum absolute atomic E-state index is 0. The Morgan fingerprint density at radius 1 is 0.818 bits per heavy atom. The quantitative estimate of drug-likeness (QED) is 0.230. The van der Waals surface area contributed by atoms with E-state index in [1.165, 1.54) is 86.4 Å². The Morgan fingerprint density at radius 2 is 1.39 bits per heavy atom. The molecule has 0 radical (unpaired) electrons. The highest BCUT2D eigenvalue weighted by Crippen LogP contribution is 2.31. The highest BCUT2D eigenvalue weighted by Gasteiger charge is 2.39. The topological polar surface area (TPSA) is 10.4 Å². The smallest absolute Gasteiger partial charge is 0.212 e. The van der Waals surface area contributed by atoms with Crippen molar-refractivity contribution in [1.82, 2.24) is 9.80 Å². The van der Waals surface area contributed by atoms with Gasteiger partial charge < -0.3 is 17.0 Å². The van der Waals surface area contributed by atoms with Crippen molar-refractivity contribution in [2.75, 3.05) is 28.2 Å². The largest absolute Gasteiger partial charge is 1.00 e. The molecule has 0 spiro atoms. The van der Waals surface area contributed by atoms with Crippen molar-refractivity contribution in [3.8, 4) is 0 Å². The summed E-state index contributed by atoms with van der Waals surface area (Å²) in [7, 11) is 8.79. The number of hydrogen-bond donors (Lipinski definition) is 0. The molecule has 33 heavy (non-hydrogen) atoms. The lowest BCUT2D eigenvalue weighted by Crippen LogP contribution is -3.00. The van der Waals surface area contributed by atoms with Gasteiger partial charge in [-0.05, 0) is 58.9 Å². The molecule has 0 atom stereocenters. The number of rotatable bonds is 13. The highest BCUT2D eigenvalue weighted by atomic mass is 79.9. The van der Waals surface area contributed by atoms with Crippen LogP contribution in [0.1, 0.15) is 82.4 Å². The lowest BCUT2D eigenvalue weighted by Gasteiger charge is -2.44. The van der Waals surface area contributed by atoms with Crippen LogP contribution in [0.25, 0.3) is 17.0 Å². The van der Waals surface area contributed by atoms with E-state index < -0.39 is 0 Å². The van der Waals surface area contributed by atoms with Crippen molar-refractivity contribution in [2.24, 2.45) is 0 Å². The van der Waals surface area contributed by atoms with E-state index in [1.54, 1.807) is 0 Å². The van der Waals surface area contributed by atoms with E-state index in [4.69, 9.17) is 0 Å². The Morgan fingerprint density at radius 3 is 2.00 bits per heavy atom. The molecule has 3 nitrogen and oxygen atoms in total. The molecular weight excluding hydrogens is 470 g/mol. The molecule has 1 aromatic heterocycles. The molecule has 1 aliphatic rings. The molecule has 0 unspecified atom stereocenters. The van der Waals surface area contributed by atoms with Crippen LogP contribution in [0.5, 0.6) is 0 Å². The minimum atomic E-state index is -0.0744. The summed E-state index contributed by atoms with van der Waals surface area (Å²) >= 11 is 0. The molecule has 1 aliphatic carbocycles. The van der Waals surface area contributed by atoms with Crippen LogP contribution >= 0.6 is 0 Å². The van der Waals surface area contributed by atoms with E-state index >= 15 is 0 Å². The number of pyridine rings is 1. The van der Waals surface area contributed by atoms with Crippen LogP contribution in [0.2, 0.25) is 0 Å². The van der Waals surface area contributed by atoms with Crippen molar-refractivity contribution in [3.05, 3.63) is 47.7 Å². The van der Waals surface area contributed by atoms with Crippen molar-refractivity contribution in [2.45, 2.75) is 89.8 Å². The standard InChI is InChI=1S/C29H46N3.BrH/c1-6-7-8-9-10-11-12-13-14-17-22-32-27-19-16-15-18-25(27)23-26-20-21-29(30(2)3,31(4)5)24-28(26)32;/h15-16,18-21,23H,6-14,17,22,24H2,1-5H3;1H/q+1;/p-1. The van der Waals surface area contributed by atoms with Gasteiger partial charge in [0.25, 0.3) is 0 Å². The average Bonchev–Trinajstić information content (AvgIpc) is 2.79. The fourth-order valence-corrected chi connectivity index (χ4v) is 5.31. The Bertz CT molecular complexity index is 880. The zero-order chi connectivity index (χ0) is 23.0. The van der Waals surface area contributed by atoms with Crippen LogP contribution in [0, 0.1) is 0 Å². The predicted molar refractivity (Wildman–Crippen MR) is 139 cm³/mol. The maximum Gasteiger partial charge on any atom is 0.212 e. The Balaban J connectivity index is 0.00000385. The molecule has 0 saturated carbocycles. The number of halogens is 1. The number of likely N-dealkylation sites (N-methyl/N-ethyl adjacent to an activating group) is 2. The van der Waals surface area contributed by atoms with Crippen LogP contribution in [-0.2, 0) is 13.0 Å². The second-order valence-corrected chi connectivity index (χ2v) is 10.1. The maximum absolute atomic E-state index is 2.63. The second-order valence-electron chi connectivity index (χ2n) is 10.1. The second kappa shape index (κ2) is 13.6. The van der Waals surface area contributed by atoms with Crippen LogP contribution in [0.3, 0.4) is 0 Å². The molecule has 3 rings (SSSR count). The summed E-state index contributed by atoms with van der Waals surface area (Å²) in [6, 6.07) is 11.3. The lowest BCUT2D eigenvalue weighted by atomic mass is 9.89. The fraction of sp³-hybridized carbons (Fsp3) is 0.621. The summed E-state index contributed by atoms with van der Waals surface area (Å²) in [6.07, 6.45) is 19.6. The molecule has 0 aliphatic heterocycles. The van der Waals surface area contributed by atoms with Gasteiger partial charge in [0.15, 0.2) is 5.69 Å². The van der Waals surface area contributed by atoms with Gasteiger partial charge in [0.2, 0.25) is 5.52 Å². The first kappa shape index (κ1) is 28.0. The van der Waals surface area contributed by atoms with Crippen molar-refractivity contribution in [1.29, 1.82) is 0 Å². The number of para-hydroxylation sites is 1. The summed E-state index contributed by atoms with van der Waals surface area (Å²) < 4.78 is 2.63. The number of aromatic nitrogens is 1. The van der Waals surface area contributed by atoms with Crippen LogP contribution in [0.4, 0.5) is 0 Å². The summed E-state index contributed by atoms with van der Waals surface area (Å²) in [6.45, 7) is 3.41. The third-order valence-corrected chi connectivity index (χ3v) is 7.44. The van der Waals surface area contributed by atoms with Crippen LogP contribution in [-0.4, -0.2) is 43.7 Å². The van der Waals surface area contributed by atoms with Crippen molar-refractivity contribution >= 4 is 17.0 Å². The molecule has 4 heteroatoms. The Labute approximate surface area is 213 Å². The van der Waals surface area contributed by atoms with Gasteiger partial charge in [-0.1, -0.05) is 70.4 Å². The van der Waals surface area contributed by atoms with E-state index in [-0.39, 0.29) is 22.6 Å². The molecule has 2 aromatic rings. The van der Waals surface area contributed by atoms with E-state index in [9.17, 15) is 0 Å². The molecule has 1 aromatic carbocycles. The van der Waals surface area contributed by atoms with Gasteiger partial charge in [-0.25, -0.2) is 0 Å². The molecule has 0 saturated heterocycles. The first-order chi connectivity index (χ1) is 15.5. The number of nitrogens with zero attached hydrogens (tertiary/aromatic N) is 3. The highest BCUT2D eigenvalue weighted by molar-refractivity contribution is 5.79. The predicted octanol–water partition coefficient (Wildman–Crippen LogP) is 3.44. The third-order valence-electron chi connectivity index (χ3n) is 7.44. The monoisotopic (exact) mass is 515 g/mol. The zero-order valence-corrected chi connectivity index (χ0v) is 23.3. The summed E-state index contributed by atoms with van der Waals surface area (Å²) in [5, 5.41) is 1.35. The average molecular weight is 517 g/mol. The fourth-order valence-electron chi connectivity index (χ4n) is 5.31. The number of benzene rings is 1. The van der Waals surface area contributed by atoms with E-state index in [0.29, 0.717) is 0 Å². The molecular formula is C29H46BrN3. The van der Waals surface area contributed by atoms with E-state index in [0.717, 1.165) is 13.0 Å². The third kappa shape index (κ3) is 6.90. The van der Waals surface area contributed by atoms with Gasteiger partial charge in [-0.3, -0.25) is 9.80 Å². The molecule has 184 valence electrons. The van der Waals surface area contributed by atoms with Crippen LogP contribution < -0.4 is 21.5 Å². The number of fused-ring (bicyclic) bond motifs is 2. The van der Waals surface area contributed by atoms with Gasteiger partial charge in [0, 0.05) is 23.4 Å². The van der Waals surface area contributed by atoms with Gasteiger partial charge in [-0.15, -0.1) is 0 Å². The van der Waals surface area contributed by atoms with Crippen molar-refractivity contribution in [3.63, 3.8) is 0 Å². The molecule has 1 heterocycles. The summed E-state index contributed by atoms with van der Waals surface area (Å²) in [5.41, 5.74) is 4.16. The Hall–Kier alpha value is -1.23. The van der Waals surface area contributed by atoms with Gasteiger partial charge >= 0.3 is 0 Å². The Kier molecular flexibility index (Phi) is 11.5. The first-order valence-corrected chi connectivity index (χ1v) is 13.0. The van der Waals surface area contributed by atoms with E-state index in [2.05, 4.69) is 92.0 Å². The summed E-state index contributed by atoms with van der Waals surface area (Å²) in [5.74, 6) is 0. The van der Waals surface area contributed by atoms with Crippen LogP contribution in [0.15, 0.2) is 36.4 Å². The maximum atomic E-state index is 2.63. The molecule has 0 amide bonds. The van der Waals surface area contributed by atoms with Gasteiger partial charge in [-0.2, -0.15) is 4.57 Å². The summed E-state index contributed by atoms with van der Waals surface area (Å²) in [4.78, 5) is 4.71. The number of hydrogen-bond acceptors (Lipinski definition) is 2. The molecule has 0 bridgehead atoms.